The van der Waals surface area contributed by atoms with E-state index in [2.05, 4.69) is 17.3 Å². The largest absolute Gasteiger partial charge is 0.352 e. The van der Waals surface area contributed by atoms with Crippen molar-refractivity contribution in [3.05, 3.63) is 17.5 Å². The number of fused-ring (bicyclic) bond motifs is 1. The molecular weight excluding hydrogens is 214 g/mol. The standard InChI is InChI=1S/C13H21N3O/c1-3-10(2)14-13(17)9-16-8-11-6-4-5-7-12(11)15-16/h8,10H,3-7,9H2,1-2H3,(H,14,17). The molecule has 0 spiro atoms. The monoisotopic (exact) mass is 235 g/mol. The molecule has 1 aromatic heterocycles. The summed E-state index contributed by atoms with van der Waals surface area (Å²) in [5, 5.41) is 7.44. The first-order valence-corrected chi connectivity index (χ1v) is 6.53. The van der Waals surface area contributed by atoms with Gasteiger partial charge in [-0.1, -0.05) is 6.92 Å². The zero-order valence-electron chi connectivity index (χ0n) is 10.7. The van der Waals surface area contributed by atoms with Crippen molar-refractivity contribution in [2.45, 2.75) is 58.5 Å². The predicted octanol–water partition coefficient (Wildman–Crippen LogP) is 1.68. The molecule has 0 radical (unpaired) electrons. The Morgan fingerprint density at radius 3 is 3.00 bits per heavy atom. The molecule has 0 saturated heterocycles. The van der Waals surface area contributed by atoms with Crippen LogP contribution in [-0.4, -0.2) is 21.7 Å². The molecule has 1 aromatic rings. The highest BCUT2D eigenvalue weighted by molar-refractivity contribution is 5.75. The van der Waals surface area contributed by atoms with Gasteiger partial charge in [0.15, 0.2) is 0 Å². The Morgan fingerprint density at radius 2 is 2.29 bits per heavy atom. The van der Waals surface area contributed by atoms with Gasteiger partial charge in [-0.2, -0.15) is 5.10 Å². The van der Waals surface area contributed by atoms with Crippen molar-refractivity contribution in [3.63, 3.8) is 0 Å². The smallest absolute Gasteiger partial charge is 0.241 e. The van der Waals surface area contributed by atoms with Gasteiger partial charge in [-0.15, -0.1) is 0 Å². The highest BCUT2D eigenvalue weighted by Crippen LogP contribution is 2.19. The Balaban J connectivity index is 1.94. The molecule has 0 saturated carbocycles. The van der Waals surface area contributed by atoms with Crippen LogP contribution in [0.1, 0.15) is 44.4 Å². The Hall–Kier alpha value is -1.32. The van der Waals surface area contributed by atoms with E-state index in [1.807, 2.05) is 13.1 Å². The minimum atomic E-state index is 0.0548. The van der Waals surface area contributed by atoms with Crippen molar-refractivity contribution in [3.8, 4) is 0 Å². The molecule has 1 aliphatic carbocycles. The van der Waals surface area contributed by atoms with Gasteiger partial charge in [0.2, 0.25) is 5.91 Å². The summed E-state index contributed by atoms with van der Waals surface area (Å²) in [6.07, 6.45) is 7.64. The first kappa shape index (κ1) is 12.1. The number of carbonyl (C=O) groups excluding carboxylic acids is 1. The molecule has 94 valence electrons. The summed E-state index contributed by atoms with van der Waals surface area (Å²) in [6.45, 7) is 4.43. The maximum absolute atomic E-state index is 11.7. The van der Waals surface area contributed by atoms with Gasteiger partial charge in [-0.05, 0) is 44.6 Å². The predicted molar refractivity (Wildman–Crippen MR) is 66.8 cm³/mol. The Morgan fingerprint density at radius 1 is 1.53 bits per heavy atom. The van der Waals surface area contributed by atoms with Crippen LogP contribution in [0.25, 0.3) is 0 Å². The Kier molecular flexibility index (Phi) is 3.82. The molecule has 1 heterocycles. The molecule has 1 unspecified atom stereocenters. The van der Waals surface area contributed by atoms with Gasteiger partial charge in [-0.3, -0.25) is 9.48 Å². The summed E-state index contributed by atoms with van der Waals surface area (Å²) in [6, 6.07) is 0.243. The molecule has 1 aliphatic rings. The number of amides is 1. The normalized spacial score (nSPS) is 16.4. The van der Waals surface area contributed by atoms with Crippen LogP contribution in [0.4, 0.5) is 0 Å². The van der Waals surface area contributed by atoms with Gasteiger partial charge in [0.05, 0.1) is 5.69 Å². The second kappa shape index (κ2) is 5.34. The summed E-state index contributed by atoms with van der Waals surface area (Å²) in [5.74, 6) is 0.0548. The van der Waals surface area contributed by atoms with Gasteiger partial charge in [-0.25, -0.2) is 0 Å². The fraction of sp³-hybridized carbons (Fsp3) is 0.692. The molecule has 0 aliphatic heterocycles. The lowest BCUT2D eigenvalue weighted by molar-refractivity contribution is -0.122. The first-order valence-electron chi connectivity index (χ1n) is 6.53. The summed E-state index contributed by atoms with van der Waals surface area (Å²) in [7, 11) is 0. The number of hydrogen-bond donors (Lipinski definition) is 1. The van der Waals surface area contributed by atoms with E-state index in [9.17, 15) is 4.79 Å². The number of carbonyl (C=O) groups is 1. The molecule has 0 fully saturated rings. The van der Waals surface area contributed by atoms with E-state index in [0.717, 1.165) is 19.3 Å². The average Bonchev–Trinajstić information content (AvgIpc) is 2.70. The van der Waals surface area contributed by atoms with Crippen molar-refractivity contribution in [2.24, 2.45) is 0 Å². The van der Waals surface area contributed by atoms with Crippen LogP contribution in [0.3, 0.4) is 0 Å². The van der Waals surface area contributed by atoms with Crippen molar-refractivity contribution in [1.82, 2.24) is 15.1 Å². The quantitative estimate of drug-likeness (QED) is 0.863. The zero-order valence-corrected chi connectivity index (χ0v) is 10.7. The van der Waals surface area contributed by atoms with E-state index in [0.29, 0.717) is 6.54 Å². The number of rotatable bonds is 4. The lowest BCUT2D eigenvalue weighted by Crippen LogP contribution is -2.34. The molecule has 2 rings (SSSR count). The van der Waals surface area contributed by atoms with Gasteiger partial charge in [0.1, 0.15) is 6.54 Å². The maximum Gasteiger partial charge on any atom is 0.241 e. The van der Waals surface area contributed by atoms with Crippen LogP contribution < -0.4 is 5.32 Å². The lowest BCUT2D eigenvalue weighted by Gasteiger charge is -2.10. The van der Waals surface area contributed by atoms with Crippen molar-refractivity contribution >= 4 is 5.91 Å². The summed E-state index contributed by atoms with van der Waals surface area (Å²) in [4.78, 5) is 11.7. The minimum Gasteiger partial charge on any atom is -0.352 e. The van der Waals surface area contributed by atoms with Gasteiger partial charge < -0.3 is 5.32 Å². The van der Waals surface area contributed by atoms with Crippen LogP contribution in [0.15, 0.2) is 6.20 Å². The zero-order chi connectivity index (χ0) is 12.3. The van der Waals surface area contributed by atoms with Crippen molar-refractivity contribution < 1.29 is 4.79 Å². The van der Waals surface area contributed by atoms with Crippen LogP contribution in [0.5, 0.6) is 0 Å². The maximum atomic E-state index is 11.7. The van der Waals surface area contributed by atoms with Gasteiger partial charge in [0, 0.05) is 12.2 Å². The molecule has 4 heteroatoms. The molecule has 1 atom stereocenters. The highest BCUT2D eigenvalue weighted by Gasteiger charge is 2.14. The van der Waals surface area contributed by atoms with Gasteiger partial charge >= 0.3 is 0 Å². The van der Waals surface area contributed by atoms with E-state index < -0.39 is 0 Å². The molecule has 0 bridgehead atoms. The lowest BCUT2D eigenvalue weighted by atomic mass is 9.99. The van der Waals surface area contributed by atoms with E-state index in [1.165, 1.54) is 24.1 Å². The topological polar surface area (TPSA) is 46.9 Å². The van der Waals surface area contributed by atoms with Crippen LogP contribution in [-0.2, 0) is 24.2 Å². The highest BCUT2D eigenvalue weighted by atomic mass is 16.2. The van der Waals surface area contributed by atoms with Gasteiger partial charge in [0.25, 0.3) is 0 Å². The second-order valence-corrected chi connectivity index (χ2v) is 4.88. The molecule has 1 N–H and O–H groups in total. The molecule has 1 amide bonds. The number of aromatic nitrogens is 2. The molecule has 17 heavy (non-hydrogen) atoms. The average molecular weight is 235 g/mol. The third-order valence-electron chi connectivity index (χ3n) is 3.36. The summed E-state index contributed by atoms with van der Waals surface area (Å²) < 4.78 is 1.79. The first-order chi connectivity index (χ1) is 8.19. The molecular formula is C13H21N3O. The minimum absolute atomic E-state index is 0.0548. The van der Waals surface area contributed by atoms with Crippen LogP contribution in [0.2, 0.25) is 0 Å². The Labute approximate surface area is 102 Å². The third-order valence-corrected chi connectivity index (χ3v) is 3.36. The van der Waals surface area contributed by atoms with E-state index in [-0.39, 0.29) is 11.9 Å². The van der Waals surface area contributed by atoms with Crippen molar-refractivity contribution in [1.29, 1.82) is 0 Å². The second-order valence-electron chi connectivity index (χ2n) is 4.88. The Bertz CT molecular complexity index is 374. The third kappa shape index (κ3) is 3.08. The number of hydrogen-bond acceptors (Lipinski definition) is 2. The van der Waals surface area contributed by atoms with E-state index in [1.54, 1.807) is 4.68 Å². The molecule has 4 nitrogen and oxygen atoms in total. The fourth-order valence-corrected chi connectivity index (χ4v) is 2.18. The molecule has 0 aromatic carbocycles. The number of nitrogens with one attached hydrogen (secondary N) is 1. The fourth-order valence-electron chi connectivity index (χ4n) is 2.18. The van der Waals surface area contributed by atoms with Crippen LogP contribution >= 0.6 is 0 Å². The van der Waals surface area contributed by atoms with Crippen molar-refractivity contribution in [2.75, 3.05) is 0 Å². The number of aryl methyl sites for hydroxylation is 2. The van der Waals surface area contributed by atoms with Crippen LogP contribution in [0, 0.1) is 0 Å². The SMILES string of the molecule is CCC(C)NC(=O)Cn1cc2c(n1)CCCC2. The van der Waals surface area contributed by atoms with E-state index >= 15 is 0 Å². The summed E-state index contributed by atoms with van der Waals surface area (Å²) in [5.41, 5.74) is 2.51. The number of nitrogens with zero attached hydrogens (tertiary/aromatic N) is 2. The summed E-state index contributed by atoms with van der Waals surface area (Å²) >= 11 is 0. The van der Waals surface area contributed by atoms with E-state index in [4.69, 9.17) is 0 Å².